The Bertz CT molecular complexity index is 694. The fourth-order valence-corrected chi connectivity index (χ4v) is 2.59. The second-order valence-corrected chi connectivity index (χ2v) is 4.78. The van der Waals surface area contributed by atoms with Crippen LogP contribution in [0.5, 0.6) is 0 Å². The molecule has 1 aliphatic rings. The van der Waals surface area contributed by atoms with Gasteiger partial charge in [0.05, 0.1) is 5.56 Å². The van der Waals surface area contributed by atoms with Crippen LogP contribution >= 0.6 is 0 Å². The first kappa shape index (κ1) is 12.7. The Hall–Kier alpha value is -2.37. The number of fused-ring (bicyclic) bond motifs is 1. The minimum atomic E-state index is -1.02. The first-order valence-electron chi connectivity index (χ1n) is 6.28. The Morgan fingerprint density at radius 1 is 1.40 bits per heavy atom. The number of rotatable bonds is 2. The lowest BCUT2D eigenvalue weighted by atomic mass is 10.1. The molecule has 0 aliphatic carbocycles. The number of amides is 1. The maximum Gasteiger partial charge on any atom is 0.326 e. The van der Waals surface area contributed by atoms with Crippen LogP contribution in [0.4, 0.5) is 4.39 Å². The van der Waals surface area contributed by atoms with E-state index in [0.29, 0.717) is 30.4 Å². The van der Waals surface area contributed by atoms with E-state index in [1.165, 1.54) is 29.4 Å². The molecule has 1 N–H and O–H groups in total. The number of halogens is 1. The first-order valence-corrected chi connectivity index (χ1v) is 6.28. The lowest BCUT2D eigenvalue weighted by Crippen LogP contribution is -2.40. The summed E-state index contributed by atoms with van der Waals surface area (Å²) in [5.41, 5.74) is 0.605. The summed E-state index contributed by atoms with van der Waals surface area (Å²) in [4.78, 5) is 24.9. The molecule has 1 fully saturated rings. The van der Waals surface area contributed by atoms with Crippen LogP contribution in [0.3, 0.4) is 0 Å². The number of hydrogen-bond donors (Lipinski definition) is 1. The van der Waals surface area contributed by atoms with Crippen molar-refractivity contribution >= 4 is 22.8 Å². The zero-order valence-electron chi connectivity index (χ0n) is 10.5. The number of benzene rings is 1. The molecule has 20 heavy (non-hydrogen) atoms. The van der Waals surface area contributed by atoms with Crippen LogP contribution in [0, 0.1) is 5.82 Å². The van der Waals surface area contributed by atoms with E-state index in [1.54, 1.807) is 0 Å². The molecule has 2 heterocycles. The zero-order chi connectivity index (χ0) is 14.3. The quantitative estimate of drug-likeness (QED) is 0.914. The minimum Gasteiger partial charge on any atom is -0.480 e. The Labute approximate surface area is 113 Å². The molecule has 6 heteroatoms. The van der Waals surface area contributed by atoms with Crippen molar-refractivity contribution in [3.63, 3.8) is 0 Å². The summed E-state index contributed by atoms with van der Waals surface area (Å²) in [5, 5.41) is 9.48. The van der Waals surface area contributed by atoms with Crippen molar-refractivity contribution in [2.45, 2.75) is 18.9 Å². The number of carbonyl (C=O) groups is 2. The Morgan fingerprint density at radius 3 is 2.95 bits per heavy atom. The average Bonchev–Trinajstić information content (AvgIpc) is 3.04. The summed E-state index contributed by atoms with van der Waals surface area (Å²) in [5.74, 6) is -1.92. The van der Waals surface area contributed by atoms with Gasteiger partial charge in [-0.2, -0.15) is 0 Å². The van der Waals surface area contributed by atoms with E-state index in [9.17, 15) is 14.0 Å². The summed E-state index contributed by atoms with van der Waals surface area (Å²) in [6.07, 6.45) is 2.34. The molecular weight excluding hydrogens is 265 g/mol. The lowest BCUT2D eigenvalue weighted by molar-refractivity contribution is -0.141. The van der Waals surface area contributed by atoms with Crippen LogP contribution in [0.25, 0.3) is 11.0 Å². The Kier molecular flexibility index (Phi) is 2.93. The molecule has 3 rings (SSSR count). The maximum atomic E-state index is 13.3. The van der Waals surface area contributed by atoms with E-state index in [0.717, 1.165) is 0 Å². The van der Waals surface area contributed by atoms with Crippen LogP contribution in [-0.2, 0) is 4.79 Å². The number of aliphatic carboxylic acids is 1. The van der Waals surface area contributed by atoms with Crippen LogP contribution in [0.15, 0.2) is 28.9 Å². The summed E-state index contributed by atoms with van der Waals surface area (Å²) >= 11 is 0. The van der Waals surface area contributed by atoms with Crippen molar-refractivity contribution < 1.29 is 23.5 Å². The van der Waals surface area contributed by atoms with Gasteiger partial charge in [0.25, 0.3) is 5.91 Å². The number of carbonyl (C=O) groups excluding carboxylic acids is 1. The van der Waals surface area contributed by atoms with E-state index < -0.39 is 23.7 Å². The van der Waals surface area contributed by atoms with Gasteiger partial charge in [0.15, 0.2) is 0 Å². The Balaban J connectivity index is 2.00. The topological polar surface area (TPSA) is 70.8 Å². The highest BCUT2D eigenvalue weighted by atomic mass is 19.1. The van der Waals surface area contributed by atoms with E-state index in [-0.39, 0.29) is 5.56 Å². The number of likely N-dealkylation sites (tertiary alicyclic amines) is 1. The van der Waals surface area contributed by atoms with Crippen LogP contribution in [0.2, 0.25) is 0 Å². The van der Waals surface area contributed by atoms with Crippen molar-refractivity contribution in [3.8, 4) is 0 Å². The standard InChI is InChI=1S/C14H12FNO4/c15-8-3-4-12-9(6-8)10(7-20-12)13(17)16-5-1-2-11(16)14(18)19/h3-4,6-7,11H,1-2,5H2,(H,18,19). The van der Waals surface area contributed by atoms with E-state index in [1.807, 2.05) is 0 Å². The molecule has 104 valence electrons. The highest BCUT2D eigenvalue weighted by Gasteiger charge is 2.35. The predicted molar refractivity (Wildman–Crippen MR) is 67.9 cm³/mol. The van der Waals surface area contributed by atoms with Gasteiger partial charge in [0, 0.05) is 11.9 Å². The van der Waals surface area contributed by atoms with Gasteiger partial charge < -0.3 is 14.4 Å². The summed E-state index contributed by atoms with van der Waals surface area (Å²) in [6, 6.07) is 3.09. The molecule has 0 radical (unpaired) electrons. The van der Waals surface area contributed by atoms with E-state index in [2.05, 4.69) is 0 Å². The van der Waals surface area contributed by atoms with Gasteiger partial charge in [0.1, 0.15) is 23.7 Å². The third-order valence-corrected chi connectivity index (χ3v) is 3.56. The number of nitrogens with zero attached hydrogens (tertiary/aromatic N) is 1. The molecule has 5 nitrogen and oxygen atoms in total. The largest absolute Gasteiger partial charge is 0.480 e. The second kappa shape index (κ2) is 4.63. The molecule has 0 spiro atoms. The minimum absolute atomic E-state index is 0.202. The molecule has 1 unspecified atom stereocenters. The molecule has 1 atom stereocenters. The van der Waals surface area contributed by atoms with E-state index >= 15 is 0 Å². The highest BCUT2D eigenvalue weighted by Crippen LogP contribution is 2.26. The number of furan rings is 1. The maximum absolute atomic E-state index is 13.3. The molecule has 1 aromatic carbocycles. The van der Waals surface area contributed by atoms with Gasteiger partial charge in [-0.1, -0.05) is 0 Å². The van der Waals surface area contributed by atoms with Crippen molar-refractivity contribution in [2.75, 3.05) is 6.54 Å². The van der Waals surface area contributed by atoms with Crippen molar-refractivity contribution in [2.24, 2.45) is 0 Å². The predicted octanol–water partition coefficient (Wildman–Crippen LogP) is 2.26. The molecule has 1 aromatic heterocycles. The van der Waals surface area contributed by atoms with Crippen molar-refractivity contribution in [1.29, 1.82) is 0 Å². The molecule has 0 saturated carbocycles. The van der Waals surface area contributed by atoms with Crippen LogP contribution in [-0.4, -0.2) is 34.5 Å². The second-order valence-electron chi connectivity index (χ2n) is 4.78. The molecule has 1 amide bonds. The SMILES string of the molecule is O=C(O)C1CCCN1C(=O)c1coc2ccc(F)cc12. The smallest absolute Gasteiger partial charge is 0.326 e. The molecule has 0 bridgehead atoms. The van der Waals surface area contributed by atoms with Crippen molar-refractivity contribution in [1.82, 2.24) is 4.90 Å². The van der Waals surface area contributed by atoms with Gasteiger partial charge in [-0.15, -0.1) is 0 Å². The number of carboxylic acid groups (broad SMARTS) is 1. The number of carboxylic acids is 1. The first-order chi connectivity index (χ1) is 9.58. The van der Waals surface area contributed by atoms with Gasteiger partial charge >= 0.3 is 5.97 Å². The fraction of sp³-hybridized carbons (Fsp3) is 0.286. The fourth-order valence-electron chi connectivity index (χ4n) is 2.59. The van der Waals surface area contributed by atoms with Crippen LogP contribution < -0.4 is 0 Å². The third kappa shape index (κ3) is 1.93. The summed E-state index contributed by atoms with van der Waals surface area (Å²) < 4.78 is 18.5. The van der Waals surface area contributed by atoms with Gasteiger partial charge in [-0.3, -0.25) is 4.79 Å². The van der Waals surface area contributed by atoms with Gasteiger partial charge in [0.2, 0.25) is 0 Å². The zero-order valence-corrected chi connectivity index (χ0v) is 10.5. The van der Waals surface area contributed by atoms with Gasteiger partial charge in [-0.25, -0.2) is 9.18 Å². The normalized spacial score (nSPS) is 18.6. The summed E-state index contributed by atoms with van der Waals surface area (Å²) in [7, 11) is 0. The van der Waals surface area contributed by atoms with Crippen LogP contribution in [0.1, 0.15) is 23.2 Å². The highest BCUT2D eigenvalue weighted by molar-refractivity contribution is 6.07. The molecule has 1 saturated heterocycles. The molecular formula is C14H12FNO4. The third-order valence-electron chi connectivity index (χ3n) is 3.56. The Morgan fingerprint density at radius 2 is 2.20 bits per heavy atom. The van der Waals surface area contributed by atoms with Crippen molar-refractivity contribution in [3.05, 3.63) is 35.8 Å². The number of hydrogen-bond acceptors (Lipinski definition) is 3. The lowest BCUT2D eigenvalue weighted by Gasteiger charge is -2.20. The monoisotopic (exact) mass is 277 g/mol. The van der Waals surface area contributed by atoms with E-state index in [4.69, 9.17) is 9.52 Å². The molecule has 1 aliphatic heterocycles. The molecule has 2 aromatic rings. The van der Waals surface area contributed by atoms with Gasteiger partial charge in [-0.05, 0) is 31.0 Å². The summed E-state index contributed by atoms with van der Waals surface area (Å²) in [6.45, 7) is 0.387. The average molecular weight is 277 g/mol.